The number of nitrogens with two attached hydrogens (primary N) is 1. The number of halogens is 1. The van der Waals surface area contributed by atoms with Crippen LogP contribution in [0.15, 0.2) is 24.3 Å². The molecule has 2 N–H and O–H groups in total. The number of nitrogens with zero attached hydrogens (tertiary/aromatic N) is 2. The van der Waals surface area contributed by atoms with E-state index < -0.39 is 0 Å². The lowest BCUT2D eigenvalue weighted by atomic mass is 10.1. The number of carbonyl (C=O) groups excluding carboxylic acids is 1. The summed E-state index contributed by atoms with van der Waals surface area (Å²) in [6.07, 6.45) is 0.992. The van der Waals surface area contributed by atoms with Crippen molar-refractivity contribution in [2.75, 3.05) is 39.3 Å². The van der Waals surface area contributed by atoms with E-state index in [9.17, 15) is 9.18 Å². The first-order chi connectivity index (χ1) is 9.20. The first-order valence-corrected chi connectivity index (χ1v) is 6.68. The Balaban J connectivity index is 1.87. The molecule has 2 rings (SSSR count). The third kappa shape index (κ3) is 3.75. The predicted octanol–water partition coefficient (Wildman–Crippen LogP) is 0.932. The van der Waals surface area contributed by atoms with Gasteiger partial charge in [0.15, 0.2) is 0 Å². The summed E-state index contributed by atoms with van der Waals surface area (Å²) < 4.78 is 12.8. The van der Waals surface area contributed by atoms with Gasteiger partial charge < -0.3 is 10.6 Å². The molecule has 0 aliphatic carbocycles. The van der Waals surface area contributed by atoms with Crippen molar-refractivity contribution in [3.8, 4) is 0 Å². The van der Waals surface area contributed by atoms with Crippen molar-refractivity contribution in [1.82, 2.24) is 9.80 Å². The van der Waals surface area contributed by atoms with Crippen LogP contribution in [-0.4, -0.2) is 55.0 Å². The molecule has 0 atom stereocenters. The molecule has 1 aliphatic rings. The second kappa shape index (κ2) is 6.63. The molecule has 1 fully saturated rings. The average Bonchev–Trinajstić information content (AvgIpc) is 2.46. The lowest BCUT2D eigenvalue weighted by Crippen LogP contribution is -2.49. The number of hydrogen-bond acceptors (Lipinski definition) is 3. The van der Waals surface area contributed by atoms with E-state index in [0.717, 1.165) is 39.1 Å². The molecule has 0 aromatic heterocycles. The number of piperazine rings is 1. The summed E-state index contributed by atoms with van der Waals surface area (Å²) >= 11 is 0. The van der Waals surface area contributed by atoms with Gasteiger partial charge in [-0.05, 0) is 43.8 Å². The zero-order valence-electron chi connectivity index (χ0n) is 11.0. The maximum atomic E-state index is 12.8. The smallest absolute Gasteiger partial charge is 0.253 e. The molecule has 1 aromatic rings. The Bertz CT molecular complexity index is 413. The Labute approximate surface area is 113 Å². The van der Waals surface area contributed by atoms with Gasteiger partial charge in [-0.1, -0.05) is 0 Å². The fourth-order valence-electron chi connectivity index (χ4n) is 2.26. The highest BCUT2D eigenvalue weighted by molar-refractivity contribution is 5.94. The van der Waals surface area contributed by atoms with Gasteiger partial charge in [0.2, 0.25) is 0 Å². The van der Waals surface area contributed by atoms with Crippen LogP contribution in [0.5, 0.6) is 0 Å². The molecular weight excluding hydrogens is 245 g/mol. The van der Waals surface area contributed by atoms with Crippen LogP contribution in [0, 0.1) is 5.82 Å². The van der Waals surface area contributed by atoms with Gasteiger partial charge in [-0.15, -0.1) is 0 Å². The van der Waals surface area contributed by atoms with Gasteiger partial charge in [0.1, 0.15) is 5.82 Å². The van der Waals surface area contributed by atoms with E-state index >= 15 is 0 Å². The summed E-state index contributed by atoms with van der Waals surface area (Å²) in [5.41, 5.74) is 6.04. The van der Waals surface area contributed by atoms with Crippen molar-refractivity contribution >= 4 is 5.91 Å². The monoisotopic (exact) mass is 265 g/mol. The second-order valence-corrected chi connectivity index (χ2v) is 4.78. The summed E-state index contributed by atoms with van der Waals surface area (Å²) in [6, 6.07) is 5.73. The Morgan fingerprint density at radius 2 is 1.79 bits per heavy atom. The van der Waals surface area contributed by atoms with Crippen LogP contribution in [0.3, 0.4) is 0 Å². The van der Waals surface area contributed by atoms with Gasteiger partial charge >= 0.3 is 0 Å². The molecule has 0 radical (unpaired) electrons. The highest BCUT2D eigenvalue weighted by Gasteiger charge is 2.21. The molecule has 104 valence electrons. The van der Waals surface area contributed by atoms with Crippen molar-refractivity contribution < 1.29 is 9.18 Å². The summed E-state index contributed by atoms with van der Waals surface area (Å²) in [6.45, 7) is 4.91. The minimum absolute atomic E-state index is 0.0153. The van der Waals surface area contributed by atoms with Crippen LogP contribution in [0.25, 0.3) is 0 Å². The van der Waals surface area contributed by atoms with Gasteiger partial charge in [0.05, 0.1) is 0 Å². The summed E-state index contributed by atoms with van der Waals surface area (Å²) in [5, 5.41) is 0. The quantitative estimate of drug-likeness (QED) is 0.881. The second-order valence-electron chi connectivity index (χ2n) is 4.78. The first-order valence-electron chi connectivity index (χ1n) is 6.68. The molecule has 0 saturated carbocycles. The van der Waals surface area contributed by atoms with Crippen LogP contribution < -0.4 is 5.73 Å². The number of rotatable bonds is 4. The molecule has 5 heteroatoms. The van der Waals surface area contributed by atoms with Crippen molar-refractivity contribution in [3.63, 3.8) is 0 Å². The van der Waals surface area contributed by atoms with Gasteiger partial charge in [-0.2, -0.15) is 0 Å². The Hall–Kier alpha value is -1.46. The van der Waals surface area contributed by atoms with Crippen LogP contribution in [0.2, 0.25) is 0 Å². The molecule has 1 aliphatic heterocycles. The third-order valence-electron chi connectivity index (χ3n) is 3.43. The molecule has 4 nitrogen and oxygen atoms in total. The molecule has 0 bridgehead atoms. The molecule has 1 aromatic carbocycles. The van der Waals surface area contributed by atoms with E-state index in [-0.39, 0.29) is 11.7 Å². The highest BCUT2D eigenvalue weighted by Crippen LogP contribution is 2.10. The lowest BCUT2D eigenvalue weighted by Gasteiger charge is -2.34. The first kappa shape index (κ1) is 14.0. The average molecular weight is 265 g/mol. The van der Waals surface area contributed by atoms with Crippen LogP contribution >= 0.6 is 0 Å². The van der Waals surface area contributed by atoms with Crippen molar-refractivity contribution in [3.05, 3.63) is 35.6 Å². The van der Waals surface area contributed by atoms with Gasteiger partial charge in [0, 0.05) is 31.7 Å². The molecule has 1 saturated heterocycles. The number of benzene rings is 1. The normalized spacial score (nSPS) is 16.6. The Morgan fingerprint density at radius 3 is 2.37 bits per heavy atom. The third-order valence-corrected chi connectivity index (χ3v) is 3.43. The van der Waals surface area contributed by atoms with E-state index in [1.54, 1.807) is 12.1 Å². The fourth-order valence-corrected chi connectivity index (χ4v) is 2.26. The SMILES string of the molecule is NCCCN1CCN(C(=O)c2ccc(F)cc2)CC1. The van der Waals surface area contributed by atoms with E-state index in [1.165, 1.54) is 12.1 Å². The zero-order chi connectivity index (χ0) is 13.7. The van der Waals surface area contributed by atoms with Gasteiger partial charge in [-0.3, -0.25) is 9.69 Å². The molecule has 1 amide bonds. The lowest BCUT2D eigenvalue weighted by molar-refractivity contribution is 0.0636. The maximum absolute atomic E-state index is 12.8. The van der Waals surface area contributed by atoms with E-state index in [4.69, 9.17) is 5.73 Å². The number of amides is 1. The van der Waals surface area contributed by atoms with Crippen molar-refractivity contribution in [1.29, 1.82) is 0 Å². The van der Waals surface area contributed by atoms with E-state index in [1.807, 2.05) is 4.90 Å². The Morgan fingerprint density at radius 1 is 1.16 bits per heavy atom. The molecule has 0 spiro atoms. The summed E-state index contributed by atoms with van der Waals surface area (Å²) in [4.78, 5) is 16.3. The van der Waals surface area contributed by atoms with Crippen LogP contribution in [-0.2, 0) is 0 Å². The van der Waals surface area contributed by atoms with Crippen LogP contribution in [0.1, 0.15) is 16.8 Å². The minimum Gasteiger partial charge on any atom is -0.336 e. The maximum Gasteiger partial charge on any atom is 0.253 e. The van der Waals surface area contributed by atoms with Crippen LogP contribution in [0.4, 0.5) is 4.39 Å². The summed E-state index contributed by atoms with van der Waals surface area (Å²) in [7, 11) is 0. The topological polar surface area (TPSA) is 49.6 Å². The zero-order valence-corrected chi connectivity index (χ0v) is 11.0. The molecular formula is C14H20FN3O. The minimum atomic E-state index is -0.317. The largest absolute Gasteiger partial charge is 0.336 e. The fraction of sp³-hybridized carbons (Fsp3) is 0.500. The van der Waals surface area contributed by atoms with Crippen molar-refractivity contribution in [2.45, 2.75) is 6.42 Å². The molecule has 0 unspecified atom stereocenters. The Kier molecular flexibility index (Phi) is 4.87. The predicted molar refractivity (Wildman–Crippen MR) is 72.4 cm³/mol. The van der Waals surface area contributed by atoms with E-state index in [2.05, 4.69) is 4.90 Å². The molecule has 19 heavy (non-hydrogen) atoms. The summed E-state index contributed by atoms with van der Waals surface area (Å²) in [5.74, 6) is -0.332. The number of hydrogen-bond donors (Lipinski definition) is 1. The molecule has 1 heterocycles. The standard InChI is InChI=1S/C14H20FN3O/c15-13-4-2-12(3-5-13)14(19)18-10-8-17(9-11-18)7-1-6-16/h2-5H,1,6-11,16H2. The van der Waals surface area contributed by atoms with Gasteiger partial charge in [-0.25, -0.2) is 4.39 Å². The van der Waals surface area contributed by atoms with Gasteiger partial charge in [0.25, 0.3) is 5.91 Å². The number of carbonyl (C=O) groups is 1. The van der Waals surface area contributed by atoms with E-state index in [0.29, 0.717) is 12.1 Å². The van der Waals surface area contributed by atoms with Crippen molar-refractivity contribution in [2.24, 2.45) is 5.73 Å². The highest BCUT2D eigenvalue weighted by atomic mass is 19.1.